The van der Waals surface area contributed by atoms with E-state index in [0.717, 1.165) is 4.47 Å². The van der Waals surface area contributed by atoms with Crippen LogP contribution >= 0.6 is 28.1 Å². The maximum Gasteiger partial charge on any atom is 0.270 e. The van der Waals surface area contributed by atoms with Crippen LogP contribution in [0.4, 0.5) is 5.69 Å². The van der Waals surface area contributed by atoms with Gasteiger partial charge >= 0.3 is 0 Å². The van der Waals surface area contributed by atoms with E-state index in [0.29, 0.717) is 17.0 Å². The van der Waals surface area contributed by atoms with Gasteiger partial charge in [0.05, 0.1) is 11.7 Å². The summed E-state index contributed by atoms with van der Waals surface area (Å²) in [4.78, 5) is 37.3. The number of carbonyl (C=O) groups is 3. The molecule has 2 aromatic rings. The van der Waals surface area contributed by atoms with Gasteiger partial charge in [0.2, 0.25) is 0 Å². The summed E-state index contributed by atoms with van der Waals surface area (Å²) in [5.74, 6) is -2.16. The van der Waals surface area contributed by atoms with Gasteiger partial charge in [0.25, 0.3) is 11.8 Å². The number of halogens is 1. The fraction of sp³-hybridized carbons (Fsp3) is 0.100. The molecule has 0 saturated carbocycles. The zero-order valence-corrected chi connectivity index (χ0v) is 17.5. The highest BCUT2D eigenvalue weighted by Crippen LogP contribution is 2.25. The van der Waals surface area contributed by atoms with E-state index in [2.05, 4.69) is 21.2 Å². The minimum atomic E-state index is -1.33. The molecular formula is C20H14BrN2O5S-. The second-order valence-corrected chi connectivity index (χ2v) is 7.39. The number of nitrogens with zero attached hydrogens (tertiary/aromatic N) is 1. The molecule has 148 valence electrons. The van der Waals surface area contributed by atoms with E-state index in [1.54, 1.807) is 36.4 Å². The molecule has 7 nitrogen and oxygen atoms in total. The van der Waals surface area contributed by atoms with Crippen LogP contribution in [-0.2, 0) is 14.4 Å². The second kappa shape index (κ2) is 8.54. The molecule has 0 bridgehead atoms. The number of anilines is 1. The van der Waals surface area contributed by atoms with Crippen molar-refractivity contribution in [3.63, 3.8) is 0 Å². The molecule has 0 aliphatic carbocycles. The van der Waals surface area contributed by atoms with Crippen LogP contribution in [0.5, 0.6) is 5.75 Å². The Bertz CT molecular complexity index is 1040. The molecule has 1 aliphatic rings. The first-order valence-corrected chi connectivity index (χ1v) is 9.61. The van der Waals surface area contributed by atoms with Crippen molar-refractivity contribution in [2.45, 2.75) is 13.0 Å². The van der Waals surface area contributed by atoms with Gasteiger partial charge in [-0.05, 0) is 61.1 Å². The molecule has 2 amide bonds. The van der Waals surface area contributed by atoms with E-state index >= 15 is 0 Å². The highest BCUT2D eigenvalue weighted by atomic mass is 79.9. The number of rotatable bonds is 5. The largest absolute Gasteiger partial charge is 0.546 e. The molecule has 1 atom stereocenters. The van der Waals surface area contributed by atoms with E-state index in [1.165, 1.54) is 30.0 Å². The number of nitrogens with one attached hydrogen (secondary N) is 1. The average Bonchev–Trinajstić information content (AvgIpc) is 2.66. The molecule has 0 unspecified atom stereocenters. The highest BCUT2D eigenvalue weighted by Gasteiger charge is 2.34. The normalized spacial score (nSPS) is 16.6. The van der Waals surface area contributed by atoms with Crippen molar-refractivity contribution in [2.24, 2.45) is 0 Å². The topological polar surface area (TPSA) is 98.8 Å². The quantitative estimate of drug-likeness (QED) is 0.403. The van der Waals surface area contributed by atoms with Crippen molar-refractivity contribution in [2.75, 3.05) is 4.90 Å². The Morgan fingerprint density at radius 3 is 2.55 bits per heavy atom. The standard InChI is InChI=1S/C20H15BrN2O5S/c1-11(19(26)27)28-15-7-5-12(6-8-15)9-16-17(24)22-20(29)23(18(16)25)14-4-2-3-13(21)10-14/h2-11H,1H3,(H,26,27)(H,22,24,29)/p-1/b16-9-/t11-/m0/s1. The molecule has 1 fully saturated rings. The number of aliphatic carboxylic acids is 1. The first-order chi connectivity index (χ1) is 13.8. The van der Waals surface area contributed by atoms with Gasteiger partial charge in [-0.15, -0.1) is 0 Å². The Morgan fingerprint density at radius 1 is 1.24 bits per heavy atom. The van der Waals surface area contributed by atoms with E-state index in [4.69, 9.17) is 17.0 Å². The van der Waals surface area contributed by atoms with E-state index < -0.39 is 23.9 Å². The Balaban J connectivity index is 1.87. The molecule has 0 spiro atoms. The van der Waals surface area contributed by atoms with Gasteiger partial charge < -0.3 is 14.6 Å². The predicted molar refractivity (Wildman–Crippen MR) is 112 cm³/mol. The van der Waals surface area contributed by atoms with Crippen LogP contribution in [0, 0.1) is 0 Å². The molecule has 1 heterocycles. The van der Waals surface area contributed by atoms with Crippen molar-refractivity contribution < 1.29 is 24.2 Å². The second-order valence-electron chi connectivity index (χ2n) is 6.09. The van der Waals surface area contributed by atoms with Gasteiger partial charge in [0.15, 0.2) is 5.11 Å². The number of benzene rings is 2. The summed E-state index contributed by atoms with van der Waals surface area (Å²) < 4.78 is 5.96. The molecule has 3 rings (SSSR count). The number of ether oxygens (including phenoxy) is 1. The summed E-state index contributed by atoms with van der Waals surface area (Å²) in [5.41, 5.74) is 0.981. The zero-order chi connectivity index (χ0) is 21.1. The zero-order valence-electron chi connectivity index (χ0n) is 15.0. The third kappa shape index (κ3) is 4.69. The molecule has 9 heteroatoms. The van der Waals surface area contributed by atoms with Gasteiger partial charge in [0, 0.05) is 4.47 Å². The van der Waals surface area contributed by atoms with Gasteiger partial charge in [-0.25, -0.2) is 0 Å². The lowest BCUT2D eigenvalue weighted by molar-refractivity contribution is -0.312. The lowest BCUT2D eigenvalue weighted by atomic mass is 10.1. The Kier molecular flexibility index (Phi) is 6.09. The summed E-state index contributed by atoms with van der Waals surface area (Å²) in [5, 5.41) is 13.3. The summed E-state index contributed by atoms with van der Waals surface area (Å²) in [6.45, 7) is 1.36. The number of amides is 2. The number of thiocarbonyl (C=S) groups is 1. The molecule has 0 aromatic heterocycles. The Labute approximate surface area is 180 Å². The third-order valence-electron chi connectivity index (χ3n) is 4.00. The maximum absolute atomic E-state index is 12.9. The van der Waals surface area contributed by atoms with Crippen LogP contribution < -0.4 is 20.1 Å². The number of hydrogen-bond donors (Lipinski definition) is 1. The number of carbonyl (C=O) groups excluding carboxylic acids is 3. The molecule has 0 radical (unpaired) electrons. The summed E-state index contributed by atoms with van der Waals surface area (Å²) in [6, 6.07) is 13.2. The minimum Gasteiger partial charge on any atom is -0.546 e. The third-order valence-corrected chi connectivity index (χ3v) is 4.78. The fourth-order valence-corrected chi connectivity index (χ4v) is 3.24. The van der Waals surface area contributed by atoms with Crippen LogP contribution in [0.3, 0.4) is 0 Å². The van der Waals surface area contributed by atoms with Crippen molar-refractivity contribution in [3.05, 3.63) is 64.1 Å². The van der Waals surface area contributed by atoms with Crippen LogP contribution in [-0.4, -0.2) is 29.0 Å². The smallest absolute Gasteiger partial charge is 0.270 e. The molecule has 2 aromatic carbocycles. The summed E-state index contributed by atoms with van der Waals surface area (Å²) in [7, 11) is 0. The van der Waals surface area contributed by atoms with Crippen molar-refractivity contribution in [3.8, 4) is 5.75 Å². The Morgan fingerprint density at radius 2 is 1.93 bits per heavy atom. The number of carboxylic acid groups (broad SMARTS) is 1. The van der Waals surface area contributed by atoms with Crippen LogP contribution in [0.25, 0.3) is 6.08 Å². The first kappa shape index (κ1) is 20.7. The van der Waals surface area contributed by atoms with Gasteiger partial charge in [0.1, 0.15) is 17.4 Å². The molecule has 1 aliphatic heterocycles. The predicted octanol–water partition coefficient (Wildman–Crippen LogP) is 1.80. The maximum atomic E-state index is 12.9. The SMILES string of the molecule is C[C@H](Oc1ccc(/C=C2/C(=O)NC(=S)N(c3cccc(Br)c3)C2=O)cc1)C(=O)[O-]. The van der Waals surface area contributed by atoms with Crippen LogP contribution in [0.2, 0.25) is 0 Å². The molecule has 1 N–H and O–H groups in total. The Hall–Kier alpha value is -3.04. The summed E-state index contributed by atoms with van der Waals surface area (Å²) >= 11 is 8.51. The average molecular weight is 474 g/mol. The molecule has 29 heavy (non-hydrogen) atoms. The first-order valence-electron chi connectivity index (χ1n) is 8.41. The minimum absolute atomic E-state index is 0.00438. The molecule has 1 saturated heterocycles. The highest BCUT2D eigenvalue weighted by molar-refractivity contribution is 9.10. The van der Waals surface area contributed by atoms with E-state index in [1.807, 2.05) is 0 Å². The fourth-order valence-electron chi connectivity index (χ4n) is 2.57. The van der Waals surface area contributed by atoms with Crippen molar-refractivity contribution >= 4 is 62.8 Å². The lowest BCUT2D eigenvalue weighted by Gasteiger charge is -2.29. The lowest BCUT2D eigenvalue weighted by Crippen LogP contribution is -2.54. The van der Waals surface area contributed by atoms with Gasteiger partial charge in [-0.2, -0.15) is 0 Å². The number of hydrogen-bond acceptors (Lipinski definition) is 6. The van der Waals surface area contributed by atoms with Crippen molar-refractivity contribution in [1.82, 2.24) is 5.32 Å². The van der Waals surface area contributed by atoms with Gasteiger partial charge in [-0.1, -0.05) is 34.1 Å². The van der Waals surface area contributed by atoms with Crippen molar-refractivity contribution in [1.29, 1.82) is 0 Å². The van der Waals surface area contributed by atoms with Gasteiger partial charge in [-0.3, -0.25) is 19.8 Å². The van der Waals surface area contributed by atoms with Crippen LogP contribution in [0.1, 0.15) is 12.5 Å². The van der Waals surface area contributed by atoms with E-state index in [-0.39, 0.29) is 10.7 Å². The number of carboxylic acids is 1. The molecular weight excluding hydrogens is 460 g/mol. The van der Waals surface area contributed by atoms with Crippen LogP contribution in [0.15, 0.2) is 58.6 Å². The monoisotopic (exact) mass is 473 g/mol. The summed E-state index contributed by atoms with van der Waals surface area (Å²) in [6.07, 6.45) is 0.320. The van der Waals surface area contributed by atoms with E-state index in [9.17, 15) is 19.5 Å².